The third-order valence-corrected chi connectivity index (χ3v) is 4.31. The number of aryl methyl sites for hydroxylation is 1. The van der Waals surface area contributed by atoms with Gasteiger partial charge in [-0.1, -0.05) is 24.3 Å². The zero-order valence-electron chi connectivity index (χ0n) is 12.0. The van der Waals surface area contributed by atoms with Crippen LogP contribution in [0, 0.1) is 6.92 Å². The summed E-state index contributed by atoms with van der Waals surface area (Å²) in [7, 11) is 0. The lowest BCUT2D eigenvalue weighted by Gasteiger charge is -2.01. The van der Waals surface area contributed by atoms with Crippen molar-refractivity contribution in [2.45, 2.75) is 6.92 Å². The van der Waals surface area contributed by atoms with Gasteiger partial charge in [0.15, 0.2) is 0 Å². The normalized spacial score (nSPS) is 11.0. The first-order valence-electron chi connectivity index (χ1n) is 7.03. The number of nitrogens with zero attached hydrogens (tertiary/aromatic N) is 3. The van der Waals surface area contributed by atoms with Crippen LogP contribution in [0.4, 0.5) is 11.5 Å². The third-order valence-electron chi connectivity index (χ3n) is 3.46. The summed E-state index contributed by atoms with van der Waals surface area (Å²) in [6.45, 7) is 2.02. The number of pyridine rings is 1. The molecule has 0 amide bonds. The fraction of sp³-hybridized carbons (Fsp3) is 0.0588. The summed E-state index contributed by atoms with van der Waals surface area (Å²) >= 11 is 1.62. The summed E-state index contributed by atoms with van der Waals surface area (Å²) in [6, 6.07) is 16.1. The molecule has 4 rings (SSSR count). The molecule has 0 saturated heterocycles. The molecule has 0 unspecified atom stereocenters. The van der Waals surface area contributed by atoms with Gasteiger partial charge in [0.1, 0.15) is 22.2 Å². The van der Waals surface area contributed by atoms with Crippen molar-refractivity contribution in [3.05, 3.63) is 65.8 Å². The average Bonchev–Trinajstić information content (AvgIpc) is 3.11. The average molecular weight is 306 g/mol. The molecule has 3 aromatic heterocycles. The lowest BCUT2D eigenvalue weighted by molar-refractivity contribution is 1.18. The molecule has 0 fully saturated rings. The van der Waals surface area contributed by atoms with E-state index < -0.39 is 0 Å². The highest BCUT2D eigenvalue weighted by molar-refractivity contribution is 7.13. The minimum Gasteiger partial charge on any atom is -0.340 e. The molecule has 0 atom stereocenters. The zero-order valence-corrected chi connectivity index (χ0v) is 12.8. The second kappa shape index (κ2) is 5.27. The first-order chi connectivity index (χ1) is 10.8. The summed E-state index contributed by atoms with van der Waals surface area (Å²) < 4.78 is 2.08. The molecule has 5 heteroatoms. The van der Waals surface area contributed by atoms with Gasteiger partial charge >= 0.3 is 0 Å². The number of para-hydroxylation sites is 1. The first kappa shape index (κ1) is 13.0. The van der Waals surface area contributed by atoms with Gasteiger partial charge in [-0.25, -0.2) is 9.97 Å². The number of imidazole rings is 1. The molecule has 0 spiro atoms. The van der Waals surface area contributed by atoms with Crippen LogP contribution >= 0.6 is 11.3 Å². The molecule has 0 saturated carbocycles. The van der Waals surface area contributed by atoms with Gasteiger partial charge in [-0.15, -0.1) is 11.3 Å². The van der Waals surface area contributed by atoms with E-state index in [2.05, 4.69) is 14.7 Å². The summed E-state index contributed by atoms with van der Waals surface area (Å²) in [5.74, 6) is 0.858. The Hall–Kier alpha value is -2.66. The summed E-state index contributed by atoms with van der Waals surface area (Å²) in [6.07, 6.45) is 2.02. The standard InChI is InChI=1S/C17H14N4S/c1-12-16(21-10-6-5-9-15(21)18-12)17-20-14(11-22-17)19-13-7-3-2-4-8-13/h2-11,19H,1H3. The Morgan fingerprint density at radius 3 is 2.68 bits per heavy atom. The van der Waals surface area contributed by atoms with Gasteiger partial charge in [0.25, 0.3) is 0 Å². The Balaban J connectivity index is 1.73. The van der Waals surface area contributed by atoms with Gasteiger partial charge in [0.2, 0.25) is 0 Å². The summed E-state index contributed by atoms with van der Waals surface area (Å²) in [4.78, 5) is 9.30. The van der Waals surface area contributed by atoms with Crippen molar-refractivity contribution < 1.29 is 0 Å². The quantitative estimate of drug-likeness (QED) is 0.605. The van der Waals surface area contributed by atoms with E-state index in [1.165, 1.54) is 0 Å². The smallest absolute Gasteiger partial charge is 0.144 e. The van der Waals surface area contributed by atoms with Crippen LogP contribution in [0.25, 0.3) is 16.3 Å². The molecular weight excluding hydrogens is 292 g/mol. The Kier molecular flexibility index (Phi) is 3.12. The zero-order chi connectivity index (χ0) is 14.9. The van der Waals surface area contributed by atoms with Crippen molar-refractivity contribution in [2.24, 2.45) is 0 Å². The molecule has 1 aromatic carbocycles. The van der Waals surface area contributed by atoms with Gasteiger partial charge in [0.05, 0.1) is 5.69 Å². The molecule has 108 valence electrons. The lowest BCUT2D eigenvalue weighted by Crippen LogP contribution is -1.91. The second-order valence-electron chi connectivity index (χ2n) is 5.00. The van der Waals surface area contributed by atoms with Crippen LogP contribution in [0.1, 0.15) is 5.69 Å². The lowest BCUT2D eigenvalue weighted by atomic mass is 10.3. The van der Waals surface area contributed by atoms with Gasteiger partial charge < -0.3 is 5.32 Å². The molecular formula is C17H14N4S. The molecule has 4 aromatic rings. The number of anilines is 2. The van der Waals surface area contributed by atoms with Gasteiger partial charge in [-0.2, -0.15) is 0 Å². The van der Waals surface area contributed by atoms with Crippen LogP contribution in [0.5, 0.6) is 0 Å². The van der Waals surface area contributed by atoms with Crippen molar-refractivity contribution in [1.29, 1.82) is 0 Å². The number of hydrogen-bond donors (Lipinski definition) is 1. The topological polar surface area (TPSA) is 42.2 Å². The maximum Gasteiger partial charge on any atom is 0.144 e. The van der Waals surface area contributed by atoms with E-state index in [-0.39, 0.29) is 0 Å². The van der Waals surface area contributed by atoms with Crippen LogP contribution < -0.4 is 5.32 Å². The van der Waals surface area contributed by atoms with Crippen molar-refractivity contribution in [3.63, 3.8) is 0 Å². The van der Waals surface area contributed by atoms with E-state index in [0.29, 0.717) is 0 Å². The molecule has 0 aliphatic carbocycles. The first-order valence-corrected chi connectivity index (χ1v) is 7.91. The fourth-order valence-corrected chi connectivity index (χ4v) is 3.32. The summed E-state index contributed by atoms with van der Waals surface area (Å²) in [5.41, 5.74) is 4.03. The highest BCUT2D eigenvalue weighted by Gasteiger charge is 2.14. The van der Waals surface area contributed by atoms with E-state index in [0.717, 1.165) is 33.5 Å². The number of nitrogens with one attached hydrogen (secondary N) is 1. The number of aromatic nitrogens is 3. The largest absolute Gasteiger partial charge is 0.340 e. The Bertz CT molecular complexity index is 924. The number of hydrogen-bond acceptors (Lipinski definition) is 4. The number of fused-ring (bicyclic) bond motifs is 1. The van der Waals surface area contributed by atoms with E-state index >= 15 is 0 Å². The van der Waals surface area contributed by atoms with E-state index in [1.54, 1.807) is 11.3 Å². The molecule has 22 heavy (non-hydrogen) atoms. The van der Waals surface area contributed by atoms with Gasteiger partial charge in [0, 0.05) is 17.3 Å². The Morgan fingerprint density at radius 1 is 1.00 bits per heavy atom. The molecule has 1 N–H and O–H groups in total. The number of benzene rings is 1. The fourth-order valence-electron chi connectivity index (χ4n) is 2.48. The Labute approximate surface area is 132 Å². The van der Waals surface area contributed by atoms with E-state index in [4.69, 9.17) is 4.98 Å². The maximum atomic E-state index is 4.71. The number of thiazole rings is 1. The van der Waals surface area contributed by atoms with Crippen molar-refractivity contribution >= 4 is 28.5 Å². The predicted octanol–water partition coefficient (Wildman–Crippen LogP) is 4.51. The van der Waals surface area contributed by atoms with E-state index in [1.807, 2.05) is 67.0 Å². The SMILES string of the molecule is Cc1nc2ccccn2c1-c1nc(Nc2ccccc2)cs1. The molecule has 0 aliphatic heterocycles. The van der Waals surface area contributed by atoms with Crippen LogP contribution in [-0.2, 0) is 0 Å². The van der Waals surface area contributed by atoms with Crippen LogP contribution in [-0.4, -0.2) is 14.4 Å². The molecule has 0 bridgehead atoms. The van der Waals surface area contributed by atoms with Crippen LogP contribution in [0.15, 0.2) is 60.1 Å². The highest BCUT2D eigenvalue weighted by atomic mass is 32.1. The number of rotatable bonds is 3. The minimum atomic E-state index is 0.858. The van der Waals surface area contributed by atoms with E-state index in [9.17, 15) is 0 Å². The van der Waals surface area contributed by atoms with Crippen molar-refractivity contribution in [3.8, 4) is 10.7 Å². The predicted molar refractivity (Wildman–Crippen MR) is 90.8 cm³/mol. The molecule has 0 radical (unpaired) electrons. The van der Waals surface area contributed by atoms with Crippen LogP contribution in [0.2, 0.25) is 0 Å². The Morgan fingerprint density at radius 2 is 1.82 bits per heavy atom. The third kappa shape index (κ3) is 2.25. The molecule has 3 heterocycles. The maximum absolute atomic E-state index is 4.71. The molecule has 4 nitrogen and oxygen atoms in total. The summed E-state index contributed by atoms with van der Waals surface area (Å²) in [5, 5.41) is 6.32. The van der Waals surface area contributed by atoms with Crippen LogP contribution in [0.3, 0.4) is 0 Å². The van der Waals surface area contributed by atoms with Crippen molar-refractivity contribution in [2.75, 3.05) is 5.32 Å². The van der Waals surface area contributed by atoms with Gasteiger partial charge in [-0.3, -0.25) is 4.40 Å². The minimum absolute atomic E-state index is 0.858. The molecule has 0 aliphatic rings. The van der Waals surface area contributed by atoms with Gasteiger partial charge in [-0.05, 0) is 31.2 Å². The highest BCUT2D eigenvalue weighted by Crippen LogP contribution is 2.30. The monoisotopic (exact) mass is 306 g/mol. The van der Waals surface area contributed by atoms with Crippen molar-refractivity contribution in [1.82, 2.24) is 14.4 Å². The second-order valence-corrected chi connectivity index (χ2v) is 5.86.